The van der Waals surface area contributed by atoms with E-state index in [1.165, 1.54) is 32.2 Å². The molecule has 0 heterocycles. The summed E-state index contributed by atoms with van der Waals surface area (Å²) >= 11 is 0. The van der Waals surface area contributed by atoms with Crippen molar-refractivity contribution in [2.45, 2.75) is 57.9 Å². The maximum atomic E-state index is 3.85. The van der Waals surface area contributed by atoms with Crippen LogP contribution >= 0.6 is 0 Å². The molecule has 3 fully saturated rings. The smallest absolute Gasteiger partial charge is 0.0124 e. The van der Waals surface area contributed by atoms with Crippen LogP contribution in [0, 0.1) is 23.7 Å². The molecule has 1 nitrogen and oxygen atoms in total. The van der Waals surface area contributed by atoms with Crippen molar-refractivity contribution in [1.29, 1.82) is 0 Å². The molecule has 3 atom stereocenters. The Balaban J connectivity index is 1.56. The summed E-state index contributed by atoms with van der Waals surface area (Å²) in [5.74, 6) is 4.40. The van der Waals surface area contributed by atoms with E-state index in [9.17, 15) is 0 Å². The number of hydrogen-bond acceptors (Lipinski definition) is 1. The van der Waals surface area contributed by atoms with E-state index in [0.717, 1.165) is 29.7 Å². The quantitative estimate of drug-likeness (QED) is 0.730. The number of nitrogens with one attached hydrogen (secondary N) is 1. The van der Waals surface area contributed by atoms with Crippen LogP contribution in [0.5, 0.6) is 0 Å². The van der Waals surface area contributed by atoms with Crippen molar-refractivity contribution in [2.24, 2.45) is 23.7 Å². The van der Waals surface area contributed by atoms with E-state index in [0.29, 0.717) is 0 Å². The Morgan fingerprint density at radius 1 is 1.07 bits per heavy atom. The fourth-order valence-electron chi connectivity index (χ4n) is 3.88. The van der Waals surface area contributed by atoms with Crippen LogP contribution in [-0.2, 0) is 0 Å². The van der Waals surface area contributed by atoms with Gasteiger partial charge in [0.05, 0.1) is 0 Å². The van der Waals surface area contributed by atoms with Crippen LogP contribution in [0.3, 0.4) is 0 Å². The lowest BCUT2D eigenvalue weighted by Crippen LogP contribution is -2.44. The van der Waals surface area contributed by atoms with Crippen molar-refractivity contribution in [3.8, 4) is 0 Å². The van der Waals surface area contributed by atoms with E-state index in [-0.39, 0.29) is 0 Å². The molecule has 0 aromatic rings. The van der Waals surface area contributed by atoms with Gasteiger partial charge in [-0.05, 0) is 68.7 Å². The predicted octanol–water partition coefficient (Wildman–Crippen LogP) is 3.20. The van der Waals surface area contributed by atoms with Gasteiger partial charge in [-0.1, -0.05) is 13.3 Å². The second-order valence-electron chi connectivity index (χ2n) is 6.16. The Morgan fingerprint density at radius 3 is 2.33 bits per heavy atom. The Hall–Kier alpha value is -0.0400. The molecular formula is C14H25N. The molecule has 0 saturated heterocycles. The summed E-state index contributed by atoms with van der Waals surface area (Å²) in [5.41, 5.74) is 0. The molecule has 1 N–H and O–H groups in total. The maximum absolute atomic E-state index is 3.85. The summed E-state index contributed by atoms with van der Waals surface area (Å²) in [5, 5.41) is 3.85. The highest BCUT2D eigenvalue weighted by atomic mass is 14.9. The summed E-state index contributed by atoms with van der Waals surface area (Å²) in [6.45, 7) is 3.53. The molecule has 1 heteroatoms. The molecule has 3 saturated carbocycles. The van der Waals surface area contributed by atoms with Gasteiger partial charge < -0.3 is 5.32 Å². The first-order valence-corrected chi connectivity index (χ1v) is 7.12. The Labute approximate surface area is 94.0 Å². The first-order valence-electron chi connectivity index (χ1n) is 7.12. The predicted molar refractivity (Wildman–Crippen MR) is 63.7 cm³/mol. The molecule has 15 heavy (non-hydrogen) atoms. The molecule has 0 aromatic carbocycles. The normalized spacial score (nSPS) is 41.0. The van der Waals surface area contributed by atoms with E-state index >= 15 is 0 Å². The molecule has 86 valence electrons. The molecule has 3 unspecified atom stereocenters. The minimum absolute atomic E-state index is 0.895. The van der Waals surface area contributed by atoms with Gasteiger partial charge in [0, 0.05) is 6.04 Å². The average Bonchev–Trinajstić information content (AvgIpc) is 2.77. The standard InChI is InChI=1S/C14H25N/c1-2-6-15-14(10-4-3-5-10)13-8-11-7-12(11)9-13/h10-15H,2-9H2,1H3. The summed E-state index contributed by atoms with van der Waals surface area (Å²) in [6.07, 6.45) is 10.5. The van der Waals surface area contributed by atoms with Crippen molar-refractivity contribution in [3.63, 3.8) is 0 Å². The molecule has 3 aliphatic rings. The minimum atomic E-state index is 0.895. The van der Waals surface area contributed by atoms with Gasteiger partial charge in [-0.3, -0.25) is 0 Å². The number of rotatable bonds is 5. The lowest BCUT2D eigenvalue weighted by Gasteiger charge is -2.38. The zero-order chi connectivity index (χ0) is 10.3. The van der Waals surface area contributed by atoms with Gasteiger partial charge in [-0.2, -0.15) is 0 Å². The second-order valence-corrected chi connectivity index (χ2v) is 6.16. The highest BCUT2D eigenvalue weighted by molar-refractivity contribution is 5.01. The maximum Gasteiger partial charge on any atom is 0.0124 e. The fraction of sp³-hybridized carbons (Fsp3) is 1.00. The molecular weight excluding hydrogens is 182 g/mol. The zero-order valence-electron chi connectivity index (χ0n) is 10.0. The topological polar surface area (TPSA) is 12.0 Å². The molecule has 0 amide bonds. The van der Waals surface area contributed by atoms with Gasteiger partial charge in [-0.25, -0.2) is 0 Å². The second kappa shape index (κ2) is 4.08. The largest absolute Gasteiger partial charge is 0.313 e. The van der Waals surface area contributed by atoms with Crippen LogP contribution in [0.15, 0.2) is 0 Å². The van der Waals surface area contributed by atoms with Gasteiger partial charge in [0.2, 0.25) is 0 Å². The first-order chi connectivity index (χ1) is 7.38. The zero-order valence-corrected chi connectivity index (χ0v) is 10.0. The van der Waals surface area contributed by atoms with Crippen LogP contribution < -0.4 is 5.32 Å². The molecule has 0 bridgehead atoms. The lowest BCUT2D eigenvalue weighted by atomic mass is 9.73. The highest BCUT2D eigenvalue weighted by Gasteiger charge is 2.49. The van der Waals surface area contributed by atoms with Crippen molar-refractivity contribution < 1.29 is 0 Å². The average molecular weight is 207 g/mol. The molecule has 0 radical (unpaired) electrons. The summed E-state index contributed by atoms with van der Waals surface area (Å²) in [7, 11) is 0. The Morgan fingerprint density at radius 2 is 1.80 bits per heavy atom. The SMILES string of the molecule is CCCNC(C1CCC1)C1CC2CC2C1. The minimum Gasteiger partial charge on any atom is -0.313 e. The van der Waals surface area contributed by atoms with E-state index in [2.05, 4.69) is 12.2 Å². The van der Waals surface area contributed by atoms with Crippen molar-refractivity contribution >= 4 is 0 Å². The summed E-state index contributed by atoms with van der Waals surface area (Å²) in [6, 6.07) is 0.895. The van der Waals surface area contributed by atoms with Crippen molar-refractivity contribution in [1.82, 2.24) is 5.32 Å². The Bertz CT molecular complexity index is 211. The third kappa shape index (κ3) is 1.95. The number of fused-ring (bicyclic) bond motifs is 1. The van der Waals surface area contributed by atoms with E-state index < -0.39 is 0 Å². The van der Waals surface area contributed by atoms with Gasteiger partial charge >= 0.3 is 0 Å². The molecule has 0 aromatic heterocycles. The fourth-order valence-corrected chi connectivity index (χ4v) is 3.88. The third-order valence-corrected chi connectivity index (χ3v) is 5.08. The van der Waals surface area contributed by atoms with E-state index in [4.69, 9.17) is 0 Å². The molecule has 0 aliphatic heterocycles. The van der Waals surface area contributed by atoms with Crippen molar-refractivity contribution in [3.05, 3.63) is 0 Å². The third-order valence-electron chi connectivity index (χ3n) is 5.08. The lowest BCUT2D eigenvalue weighted by molar-refractivity contribution is 0.168. The van der Waals surface area contributed by atoms with Gasteiger partial charge in [0.25, 0.3) is 0 Å². The van der Waals surface area contributed by atoms with Crippen LogP contribution in [0.25, 0.3) is 0 Å². The molecule has 3 rings (SSSR count). The summed E-state index contributed by atoms with van der Waals surface area (Å²) in [4.78, 5) is 0. The van der Waals surface area contributed by atoms with E-state index in [1.807, 2.05) is 0 Å². The highest BCUT2D eigenvalue weighted by Crippen LogP contribution is 2.56. The monoisotopic (exact) mass is 207 g/mol. The van der Waals surface area contributed by atoms with Gasteiger partial charge in [-0.15, -0.1) is 0 Å². The van der Waals surface area contributed by atoms with Crippen LogP contribution in [0.2, 0.25) is 0 Å². The number of hydrogen-bond donors (Lipinski definition) is 1. The van der Waals surface area contributed by atoms with Crippen LogP contribution in [-0.4, -0.2) is 12.6 Å². The summed E-state index contributed by atoms with van der Waals surface area (Å²) < 4.78 is 0. The van der Waals surface area contributed by atoms with Gasteiger partial charge in [0.1, 0.15) is 0 Å². The van der Waals surface area contributed by atoms with Crippen LogP contribution in [0.1, 0.15) is 51.9 Å². The van der Waals surface area contributed by atoms with Crippen LogP contribution in [0.4, 0.5) is 0 Å². The molecule has 3 aliphatic carbocycles. The van der Waals surface area contributed by atoms with E-state index in [1.54, 1.807) is 19.3 Å². The first kappa shape index (κ1) is 10.1. The Kier molecular flexibility index (Phi) is 2.76. The van der Waals surface area contributed by atoms with Crippen molar-refractivity contribution in [2.75, 3.05) is 6.54 Å². The molecule has 0 spiro atoms. The van der Waals surface area contributed by atoms with Gasteiger partial charge in [0.15, 0.2) is 0 Å².